The number of nitriles is 1. The lowest BCUT2D eigenvalue weighted by Crippen LogP contribution is -2.38. The molecule has 3 aromatic rings. The second kappa shape index (κ2) is 8.96. The average molecular weight is 434 g/mol. The molecule has 8 heteroatoms. The molecule has 0 radical (unpaired) electrons. The standard InChI is InChI=1S/C24H19FN2O5/c25-17-7-9-18(10-8-17)27-22(15-5-11-19(28)12-6-15)23(32-24(27)30)20(29)14-31-21-4-2-1-3-16(21)13-26/h1-12,20,22-23,28-29H,14H2/t20?,22-,23?/m1/s1. The number of aliphatic hydroxyl groups excluding tert-OH is 1. The van der Waals surface area contributed by atoms with E-state index in [-0.39, 0.29) is 12.4 Å². The molecule has 2 unspecified atom stereocenters. The number of nitrogens with zero attached hydrogens (tertiary/aromatic N) is 2. The number of halogens is 1. The van der Waals surface area contributed by atoms with Gasteiger partial charge in [-0.25, -0.2) is 9.18 Å². The lowest BCUT2D eigenvalue weighted by Gasteiger charge is -2.27. The Bertz CT molecular complexity index is 1140. The number of aromatic hydroxyl groups is 1. The number of carbonyl (C=O) groups excluding carboxylic acids is 1. The molecule has 1 fully saturated rings. The number of benzene rings is 3. The van der Waals surface area contributed by atoms with E-state index < -0.39 is 30.2 Å². The third-order valence-corrected chi connectivity index (χ3v) is 5.16. The van der Waals surface area contributed by atoms with E-state index in [1.165, 1.54) is 41.3 Å². The Kier molecular flexibility index (Phi) is 5.92. The van der Waals surface area contributed by atoms with E-state index in [0.717, 1.165) is 0 Å². The third-order valence-electron chi connectivity index (χ3n) is 5.16. The van der Waals surface area contributed by atoms with Crippen molar-refractivity contribution in [1.82, 2.24) is 0 Å². The summed E-state index contributed by atoms with van der Waals surface area (Å²) in [4.78, 5) is 14.1. The molecular weight excluding hydrogens is 415 g/mol. The van der Waals surface area contributed by atoms with Crippen molar-refractivity contribution in [2.24, 2.45) is 0 Å². The second-order valence-corrected chi connectivity index (χ2v) is 7.22. The van der Waals surface area contributed by atoms with E-state index >= 15 is 0 Å². The molecule has 0 aromatic heterocycles. The summed E-state index contributed by atoms with van der Waals surface area (Å²) in [5.74, 6) is -0.112. The quantitative estimate of drug-likeness (QED) is 0.610. The number of cyclic esters (lactones) is 1. The number of phenolic OH excluding ortho intramolecular Hbond substituents is 1. The van der Waals surface area contributed by atoms with E-state index in [0.29, 0.717) is 22.6 Å². The van der Waals surface area contributed by atoms with Gasteiger partial charge < -0.3 is 19.7 Å². The van der Waals surface area contributed by atoms with Gasteiger partial charge in [0.15, 0.2) is 6.10 Å². The predicted octanol–water partition coefficient (Wildman–Crippen LogP) is 3.91. The van der Waals surface area contributed by atoms with Gasteiger partial charge in [-0.1, -0.05) is 24.3 Å². The van der Waals surface area contributed by atoms with Crippen molar-refractivity contribution < 1.29 is 28.9 Å². The first-order chi connectivity index (χ1) is 15.5. The molecule has 162 valence electrons. The van der Waals surface area contributed by atoms with Gasteiger partial charge in [0, 0.05) is 5.69 Å². The zero-order valence-corrected chi connectivity index (χ0v) is 16.8. The molecule has 3 atom stereocenters. The van der Waals surface area contributed by atoms with Crippen LogP contribution in [0.25, 0.3) is 0 Å². The summed E-state index contributed by atoms with van der Waals surface area (Å²) in [6, 6.07) is 19.3. The first kappa shape index (κ1) is 21.2. The first-order valence-electron chi connectivity index (χ1n) is 9.82. The molecule has 0 aliphatic carbocycles. The summed E-state index contributed by atoms with van der Waals surface area (Å²) in [7, 11) is 0. The first-order valence-corrected chi connectivity index (χ1v) is 9.82. The summed E-state index contributed by atoms with van der Waals surface area (Å²) in [5, 5.41) is 29.7. The van der Waals surface area contributed by atoms with Gasteiger partial charge in [-0.3, -0.25) is 4.90 Å². The highest BCUT2D eigenvalue weighted by Gasteiger charge is 2.47. The Labute approximate surface area is 183 Å². The van der Waals surface area contributed by atoms with Crippen LogP contribution in [-0.2, 0) is 4.74 Å². The lowest BCUT2D eigenvalue weighted by atomic mass is 9.96. The number of para-hydroxylation sites is 1. The molecule has 1 aliphatic heterocycles. The van der Waals surface area contributed by atoms with Crippen molar-refractivity contribution in [3.63, 3.8) is 0 Å². The SMILES string of the molecule is N#Cc1ccccc1OCC(O)C1OC(=O)N(c2ccc(F)cc2)[C@@H]1c1ccc(O)cc1. The molecule has 4 rings (SSSR count). The molecule has 1 amide bonds. The topological polar surface area (TPSA) is 103 Å². The minimum atomic E-state index is -1.24. The van der Waals surface area contributed by atoms with Gasteiger partial charge >= 0.3 is 6.09 Å². The second-order valence-electron chi connectivity index (χ2n) is 7.22. The van der Waals surface area contributed by atoms with Crippen molar-refractivity contribution in [3.05, 3.63) is 89.7 Å². The number of amides is 1. The van der Waals surface area contributed by atoms with E-state index in [9.17, 15) is 24.7 Å². The number of carbonyl (C=O) groups is 1. The van der Waals surface area contributed by atoms with Crippen LogP contribution in [0.1, 0.15) is 17.2 Å². The zero-order chi connectivity index (χ0) is 22.7. The molecule has 1 saturated heterocycles. The van der Waals surface area contributed by atoms with Gasteiger partial charge in [0.25, 0.3) is 0 Å². The Hall–Kier alpha value is -4.09. The van der Waals surface area contributed by atoms with Crippen LogP contribution in [0.3, 0.4) is 0 Å². The van der Waals surface area contributed by atoms with Gasteiger partial charge in [-0.15, -0.1) is 0 Å². The molecule has 0 saturated carbocycles. The van der Waals surface area contributed by atoms with Crippen LogP contribution < -0.4 is 9.64 Å². The monoisotopic (exact) mass is 434 g/mol. The highest BCUT2D eigenvalue weighted by atomic mass is 19.1. The number of anilines is 1. The van der Waals surface area contributed by atoms with E-state index in [4.69, 9.17) is 9.47 Å². The molecule has 0 spiro atoms. The summed E-state index contributed by atoms with van der Waals surface area (Å²) in [5.41, 5.74) is 1.30. The fourth-order valence-corrected chi connectivity index (χ4v) is 3.62. The Morgan fingerprint density at radius 3 is 2.47 bits per heavy atom. The normalized spacial score (nSPS) is 18.7. The Morgan fingerprint density at radius 1 is 1.09 bits per heavy atom. The zero-order valence-electron chi connectivity index (χ0n) is 16.8. The van der Waals surface area contributed by atoms with Crippen molar-refractivity contribution in [2.75, 3.05) is 11.5 Å². The molecular formula is C24H19FN2O5. The van der Waals surface area contributed by atoms with Crippen LogP contribution in [0.15, 0.2) is 72.8 Å². The summed E-state index contributed by atoms with van der Waals surface area (Å²) in [6.07, 6.45) is -2.97. The molecule has 2 N–H and O–H groups in total. The molecule has 1 heterocycles. The van der Waals surface area contributed by atoms with Crippen LogP contribution in [0.2, 0.25) is 0 Å². The van der Waals surface area contributed by atoms with Gasteiger partial charge in [-0.05, 0) is 54.1 Å². The highest BCUT2D eigenvalue weighted by Crippen LogP contribution is 2.39. The maximum Gasteiger partial charge on any atom is 0.415 e. The number of phenols is 1. The van der Waals surface area contributed by atoms with Gasteiger partial charge in [0.2, 0.25) is 0 Å². The molecule has 32 heavy (non-hydrogen) atoms. The summed E-state index contributed by atoms with van der Waals surface area (Å²) < 4.78 is 24.5. The van der Waals surface area contributed by atoms with Crippen LogP contribution >= 0.6 is 0 Å². The summed E-state index contributed by atoms with van der Waals surface area (Å²) in [6.45, 7) is -0.234. The van der Waals surface area contributed by atoms with Crippen molar-refractivity contribution in [1.29, 1.82) is 5.26 Å². The largest absolute Gasteiger partial charge is 0.508 e. The highest BCUT2D eigenvalue weighted by molar-refractivity contribution is 5.91. The van der Waals surface area contributed by atoms with Crippen molar-refractivity contribution >= 4 is 11.8 Å². The average Bonchev–Trinajstić information content (AvgIpc) is 3.15. The smallest absolute Gasteiger partial charge is 0.415 e. The fraction of sp³-hybridized carbons (Fsp3) is 0.167. The Morgan fingerprint density at radius 2 is 1.78 bits per heavy atom. The maximum absolute atomic E-state index is 13.4. The fourth-order valence-electron chi connectivity index (χ4n) is 3.62. The van der Waals surface area contributed by atoms with Crippen LogP contribution in [-0.4, -0.2) is 35.1 Å². The number of hydrogen-bond acceptors (Lipinski definition) is 6. The maximum atomic E-state index is 13.4. The molecule has 1 aliphatic rings. The minimum absolute atomic E-state index is 0.0425. The number of hydrogen-bond donors (Lipinski definition) is 2. The van der Waals surface area contributed by atoms with E-state index in [2.05, 4.69) is 0 Å². The van der Waals surface area contributed by atoms with E-state index in [1.54, 1.807) is 36.4 Å². The van der Waals surface area contributed by atoms with Crippen LogP contribution in [0.4, 0.5) is 14.9 Å². The van der Waals surface area contributed by atoms with Crippen LogP contribution in [0.5, 0.6) is 11.5 Å². The van der Waals surface area contributed by atoms with Gasteiger partial charge in [0.05, 0.1) is 5.56 Å². The van der Waals surface area contributed by atoms with Gasteiger partial charge in [0.1, 0.15) is 42.1 Å². The lowest BCUT2D eigenvalue weighted by molar-refractivity contribution is -0.00651. The van der Waals surface area contributed by atoms with Gasteiger partial charge in [-0.2, -0.15) is 5.26 Å². The predicted molar refractivity (Wildman–Crippen MR) is 113 cm³/mol. The Balaban J connectivity index is 1.63. The van der Waals surface area contributed by atoms with E-state index in [1.807, 2.05) is 6.07 Å². The number of rotatable bonds is 6. The number of ether oxygens (including phenoxy) is 2. The van der Waals surface area contributed by atoms with Crippen LogP contribution in [0, 0.1) is 17.1 Å². The molecule has 0 bridgehead atoms. The van der Waals surface area contributed by atoms with Crippen molar-refractivity contribution in [3.8, 4) is 17.6 Å². The molecule has 7 nitrogen and oxygen atoms in total. The summed E-state index contributed by atoms with van der Waals surface area (Å²) >= 11 is 0. The number of aliphatic hydroxyl groups is 1. The third kappa shape index (κ3) is 4.19. The minimum Gasteiger partial charge on any atom is -0.508 e. The molecule has 3 aromatic carbocycles. The van der Waals surface area contributed by atoms with Crippen molar-refractivity contribution in [2.45, 2.75) is 18.2 Å².